The van der Waals surface area contributed by atoms with Crippen molar-refractivity contribution >= 4 is 11.8 Å². The second-order valence-electron chi connectivity index (χ2n) is 4.76. The molecule has 0 aromatic carbocycles. The van der Waals surface area contributed by atoms with Gasteiger partial charge in [0.1, 0.15) is 0 Å². The monoisotopic (exact) mass is 215 g/mol. The second-order valence-corrected chi connectivity index (χ2v) is 5.79. The van der Waals surface area contributed by atoms with Gasteiger partial charge >= 0.3 is 0 Å². The van der Waals surface area contributed by atoms with E-state index in [1.54, 1.807) is 0 Å². The lowest BCUT2D eigenvalue weighted by Crippen LogP contribution is -2.54. The summed E-state index contributed by atoms with van der Waals surface area (Å²) in [7, 11) is 0. The highest BCUT2D eigenvalue weighted by atomic mass is 32.2. The summed E-state index contributed by atoms with van der Waals surface area (Å²) in [6, 6.07) is 0.343. The average molecular weight is 215 g/mol. The van der Waals surface area contributed by atoms with E-state index in [1.165, 1.54) is 19.3 Å². The van der Waals surface area contributed by atoms with Crippen molar-refractivity contribution in [1.29, 1.82) is 0 Å². The third-order valence-electron chi connectivity index (χ3n) is 3.72. The molecule has 3 unspecified atom stereocenters. The molecule has 0 aromatic heterocycles. The first-order valence-electron chi connectivity index (χ1n) is 5.77. The third kappa shape index (κ3) is 1.95. The maximum absolute atomic E-state index is 10.6. The van der Waals surface area contributed by atoms with Crippen LogP contribution in [0.3, 0.4) is 0 Å². The minimum Gasteiger partial charge on any atom is -0.387 e. The molecule has 82 valence electrons. The zero-order valence-electron chi connectivity index (χ0n) is 8.96. The SMILES string of the molecule is CC1CSCC1(O)C1CCCCCN1. The van der Waals surface area contributed by atoms with Crippen molar-refractivity contribution in [2.45, 2.75) is 44.2 Å². The molecule has 0 aromatic rings. The minimum atomic E-state index is -0.436. The Bertz CT molecular complexity index is 192. The van der Waals surface area contributed by atoms with Gasteiger partial charge in [-0.25, -0.2) is 0 Å². The molecule has 2 fully saturated rings. The third-order valence-corrected chi connectivity index (χ3v) is 5.12. The fraction of sp³-hybridized carbons (Fsp3) is 1.00. The molecule has 0 spiro atoms. The number of rotatable bonds is 1. The Balaban J connectivity index is 2.03. The summed E-state index contributed by atoms with van der Waals surface area (Å²) in [5, 5.41) is 14.2. The summed E-state index contributed by atoms with van der Waals surface area (Å²) in [5.74, 6) is 2.49. The van der Waals surface area contributed by atoms with Crippen LogP contribution < -0.4 is 5.32 Å². The molecule has 0 radical (unpaired) electrons. The fourth-order valence-corrected chi connectivity index (χ4v) is 4.16. The zero-order chi connectivity index (χ0) is 10.0. The molecule has 2 heterocycles. The molecule has 2 aliphatic rings. The molecule has 3 heteroatoms. The van der Waals surface area contributed by atoms with E-state index < -0.39 is 5.60 Å². The smallest absolute Gasteiger partial charge is 0.0922 e. The van der Waals surface area contributed by atoms with Gasteiger partial charge in [0.05, 0.1) is 5.60 Å². The number of hydrogen-bond acceptors (Lipinski definition) is 3. The summed E-state index contributed by atoms with van der Waals surface area (Å²) >= 11 is 1.90. The molecule has 2 rings (SSSR count). The van der Waals surface area contributed by atoms with Crippen molar-refractivity contribution < 1.29 is 5.11 Å². The van der Waals surface area contributed by atoms with Crippen LogP contribution in [0.1, 0.15) is 32.6 Å². The Hall–Kier alpha value is 0.270. The fourth-order valence-electron chi connectivity index (χ4n) is 2.59. The standard InChI is InChI=1S/C11H21NOS/c1-9-7-14-8-11(9,13)10-5-3-2-4-6-12-10/h9-10,12-13H,2-8H2,1H3. The number of hydrogen-bond donors (Lipinski definition) is 2. The molecular formula is C11H21NOS. The van der Waals surface area contributed by atoms with E-state index in [1.807, 2.05) is 11.8 Å². The Morgan fingerprint density at radius 1 is 1.36 bits per heavy atom. The van der Waals surface area contributed by atoms with Crippen molar-refractivity contribution in [2.24, 2.45) is 5.92 Å². The van der Waals surface area contributed by atoms with E-state index in [9.17, 15) is 5.11 Å². The lowest BCUT2D eigenvalue weighted by Gasteiger charge is -2.35. The predicted molar refractivity (Wildman–Crippen MR) is 61.7 cm³/mol. The quantitative estimate of drug-likeness (QED) is 0.697. The molecule has 2 saturated heterocycles. The van der Waals surface area contributed by atoms with Crippen LogP contribution in [0.5, 0.6) is 0 Å². The van der Waals surface area contributed by atoms with Gasteiger partial charge in [-0.2, -0.15) is 11.8 Å². The van der Waals surface area contributed by atoms with E-state index in [0.29, 0.717) is 12.0 Å². The van der Waals surface area contributed by atoms with Crippen molar-refractivity contribution in [3.8, 4) is 0 Å². The van der Waals surface area contributed by atoms with E-state index in [0.717, 1.165) is 24.5 Å². The van der Waals surface area contributed by atoms with Gasteiger partial charge in [-0.1, -0.05) is 19.8 Å². The average Bonchev–Trinajstić information content (AvgIpc) is 2.47. The van der Waals surface area contributed by atoms with Crippen molar-refractivity contribution in [2.75, 3.05) is 18.1 Å². The van der Waals surface area contributed by atoms with Crippen molar-refractivity contribution in [3.63, 3.8) is 0 Å². The molecule has 0 bridgehead atoms. The summed E-state index contributed by atoms with van der Waals surface area (Å²) < 4.78 is 0. The maximum atomic E-state index is 10.6. The molecular weight excluding hydrogens is 194 g/mol. The van der Waals surface area contributed by atoms with Crippen LogP contribution in [-0.4, -0.2) is 34.8 Å². The first-order chi connectivity index (χ1) is 6.73. The summed E-state index contributed by atoms with van der Waals surface area (Å²) in [6.07, 6.45) is 5.02. The predicted octanol–water partition coefficient (Wildman–Crippen LogP) is 1.63. The summed E-state index contributed by atoms with van der Waals surface area (Å²) in [4.78, 5) is 0. The first kappa shape index (κ1) is 10.8. The first-order valence-corrected chi connectivity index (χ1v) is 6.92. The Kier molecular flexibility index (Phi) is 3.40. The lowest BCUT2D eigenvalue weighted by molar-refractivity contribution is -0.0110. The number of aliphatic hydroxyl groups is 1. The van der Waals surface area contributed by atoms with Gasteiger partial charge in [-0.05, 0) is 31.1 Å². The number of thioether (sulfide) groups is 1. The van der Waals surface area contributed by atoms with E-state index in [4.69, 9.17) is 0 Å². The van der Waals surface area contributed by atoms with Gasteiger partial charge in [0.15, 0.2) is 0 Å². The van der Waals surface area contributed by atoms with E-state index in [-0.39, 0.29) is 0 Å². The molecule has 0 aliphatic carbocycles. The van der Waals surface area contributed by atoms with Crippen LogP contribution in [0.25, 0.3) is 0 Å². The number of nitrogens with one attached hydrogen (secondary N) is 1. The summed E-state index contributed by atoms with van der Waals surface area (Å²) in [6.45, 7) is 3.27. The lowest BCUT2D eigenvalue weighted by atomic mass is 9.83. The van der Waals surface area contributed by atoms with Crippen molar-refractivity contribution in [1.82, 2.24) is 5.32 Å². The van der Waals surface area contributed by atoms with Crippen molar-refractivity contribution in [3.05, 3.63) is 0 Å². The second kappa shape index (κ2) is 4.42. The molecule has 2 aliphatic heterocycles. The van der Waals surface area contributed by atoms with Crippen LogP contribution >= 0.6 is 11.8 Å². The summed E-state index contributed by atoms with van der Waals surface area (Å²) in [5.41, 5.74) is -0.436. The Morgan fingerprint density at radius 2 is 2.21 bits per heavy atom. The van der Waals surface area contributed by atoms with Crippen LogP contribution in [0, 0.1) is 5.92 Å². The highest BCUT2D eigenvalue weighted by Crippen LogP contribution is 2.37. The van der Waals surface area contributed by atoms with Gasteiger partial charge in [0.25, 0.3) is 0 Å². The molecule has 2 N–H and O–H groups in total. The molecule has 14 heavy (non-hydrogen) atoms. The van der Waals surface area contributed by atoms with Gasteiger partial charge < -0.3 is 10.4 Å². The largest absolute Gasteiger partial charge is 0.387 e. The molecule has 0 amide bonds. The Morgan fingerprint density at radius 3 is 2.93 bits per heavy atom. The van der Waals surface area contributed by atoms with Gasteiger partial charge in [-0.15, -0.1) is 0 Å². The molecule has 0 saturated carbocycles. The van der Waals surface area contributed by atoms with Gasteiger partial charge in [0.2, 0.25) is 0 Å². The van der Waals surface area contributed by atoms with Gasteiger partial charge in [-0.3, -0.25) is 0 Å². The molecule has 2 nitrogen and oxygen atoms in total. The van der Waals surface area contributed by atoms with Crippen LogP contribution in [-0.2, 0) is 0 Å². The highest BCUT2D eigenvalue weighted by molar-refractivity contribution is 7.99. The van der Waals surface area contributed by atoms with E-state index in [2.05, 4.69) is 12.2 Å². The zero-order valence-corrected chi connectivity index (χ0v) is 9.78. The van der Waals surface area contributed by atoms with Gasteiger partial charge in [0, 0.05) is 11.8 Å². The topological polar surface area (TPSA) is 32.3 Å². The Labute approximate surface area is 90.8 Å². The maximum Gasteiger partial charge on any atom is 0.0922 e. The molecule has 3 atom stereocenters. The van der Waals surface area contributed by atoms with Crippen LogP contribution in [0.15, 0.2) is 0 Å². The van der Waals surface area contributed by atoms with Crippen LogP contribution in [0.2, 0.25) is 0 Å². The van der Waals surface area contributed by atoms with Crippen LogP contribution in [0.4, 0.5) is 0 Å². The minimum absolute atomic E-state index is 0.343. The normalized spacial score (nSPS) is 45.0. The highest BCUT2D eigenvalue weighted by Gasteiger charge is 2.45. The van der Waals surface area contributed by atoms with E-state index >= 15 is 0 Å².